The first kappa shape index (κ1) is 12.2. The fourth-order valence-corrected chi connectivity index (χ4v) is 2.68. The van der Waals surface area contributed by atoms with E-state index in [0.29, 0.717) is 11.6 Å². The maximum Gasteiger partial charge on any atom is 0.257 e. The number of amides is 1. The Morgan fingerprint density at radius 3 is 3.11 bits per heavy atom. The molecule has 1 aromatic carbocycles. The van der Waals surface area contributed by atoms with Gasteiger partial charge in [-0.1, -0.05) is 18.2 Å². The Kier molecular flexibility index (Phi) is 3.25. The Morgan fingerprint density at radius 1 is 1.47 bits per heavy atom. The number of carbonyl (C=O) groups is 1. The summed E-state index contributed by atoms with van der Waals surface area (Å²) in [6, 6.07) is 8.06. The van der Waals surface area contributed by atoms with Gasteiger partial charge in [-0.25, -0.2) is 0 Å². The highest BCUT2D eigenvalue weighted by molar-refractivity contribution is 6.05. The van der Waals surface area contributed by atoms with E-state index in [-0.39, 0.29) is 5.91 Å². The van der Waals surface area contributed by atoms with Crippen molar-refractivity contribution in [3.8, 4) is 0 Å². The van der Waals surface area contributed by atoms with E-state index in [2.05, 4.69) is 5.32 Å². The Bertz CT molecular complexity index is 585. The molecule has 100 valence electrons. The van der Waals surface area contributed by atoms with E-state index < -0.39 is 0 Å². The van der Waals surface area contributed by atoms with Gasteiger partial charge in [0.15, 0.2) is 0 Å². The number of rotatable bonds is 3. The molecule has 1 N–H and O–H groups in total. The third-order valence-corrected chi connectivity index (χ3v) is 3.71. The Morgan fingerprint density at radius 2 is 2.32 bits per heavy atom. The van der Waals surface area contributed by atoms with E-state index in [9.17, 15) is 4.79 Å². The summed E-state index contributed by atoms with van der Waals surface area (Å²) < 4.78 is 5.43. The van der Waals surface area contributed by atoms with Gasteiger partial charge in [-0.05, 0) is 25.5 Å². The van der Waals surface area contributed by atoms with Crippen LogP contribution in [-0.4, -0.2) is 37.0 Å². The number of para-hydroxylation sites is 1. The molecule has 1 atom stereocenters. The third kappa shape index (κ3) is 2.36. The zero-order chi connectivity index (χ0) is 13.2. The fourth-order valence-electron chi connectivity index (χ4n) is 2.68. The number of fused-ring (bicyclic) bond motifs is 1. The summed E-state index contributed by atoms with van der Waals surface area (Å²) in [5, 5.41) is 4.30. The number of furan rings is 1. The lowest BCUT2D eigenvalue weighted by Gasteiger charge is -2.20. The van der Waals surface area contributed by atoms with Crippen LogP contribution in [0, 0.1) is 0 Å². The first-order valence-electron chi connectivity index (χ1n) is 6.71. The van der Waals surface area contributed by atoms with Crippen LogP contribution in [0.25, 0.3) is 11.0 Å². The van der Waals surface area contributed by atoms with Crippen LogP contribution in [0.4, 0.5) is 0 Å². The normalized spacial score (nSPS) is 18.9. The Balaban J connectivity index is 1.78. The van der Waals surface area contributed by atoms with E-state index in [1.54, 1.807) is 11.2 Å². The second kappa shape index (κ2) is 5.05. The lowest BCUT2D eigenvalue weighted by Crippen LogP contribution is -2.38. The minimum atomic E-state index is 0.0265. The molecule has 1 aliphatic heterocycles. The average Bonchev–Trinajstić information content (AvgIpc) is 3.06. The monoisotopic (exact) mass is 258 g/mol. The second-order valence-electron chi connectivity index (χ2n) is 5.12. The van der Waals surface area contributed by atoms with Gasteiger partial charge in [0, 0.05) is 25.0 Å². The number of hydrogen-bond donors (Lipinski definition) is 1. The van der Waals surface area contributed by atoms with Crippen LogP contribution < -0.4 is 5.32 Å². The van der Waals surface area contributed by atoms with Crippen LogP contribution in [0.1, 0.15) is 23.2 Å². The maximum absolute atomic E-state index is 12.4. The van der Waals surface area contributed by atoms with Crippen molar-refractivity contribution in [1.82, 2.24) is 10.2 Å². The molecule has 1 aromatic heterocycles. The number of likely N-dealkylation sites (N-methyl/N-ethyl adjacent to an activating group) is 1. The lowest BCUT2D eigenvalue weighted by molar-refractivity contribution is 0.0785. The zero-order valence-electron chi connectivity index (χ0n) is 11.1. The van der Waals surface area contributed by atoms with Gasteiger partial charge in [0.1, 0.15) is 11.8 Å². The van der Waals surface area contributed by atoms with Crippen molar-refractivity contribution in [3.05, 3.63) is 36.1 Å². The van der Waals surface area contributed by atoms with Gasteiger partial charge in [-0.15, -0.1) is 0 Å². The lowest BCUT2D eigenvalue weighted by atomic mass is 10.1. The summed E-state index contributed by atoms with van der Waals surface area (Å²) in [6.45, 7) is 1.81. The minimum Gasteiger partial charge on any atom is -0.463 e. The third-order valence-electron chi connectivity index (χ3n) is 3.71. The van der Waals surface area contributed by atoms with Crippen LogP contribution in [0.15, 0.2) is 34.9 Å². The number of nitrogens with one attached hydrogen (secondary N) is 1. The second-order valence-corrected chi connectivity index (χ2v) is 5.12. The Hall–Kier alpha value is -1.81. The van der Waals surface area contributed by atoms with E-state index in [0.717, 1.165) is 30.5 Å². The maximum atomic E-state index is 12.4. The largest absolute Gasteiger partial charge is 0.463 e. The molecule has 2 heterocycles. The molecular weight excluding hydrogens is 240 g/mol. The van der Waals surface area contributed by atoms with Crippen molar-refractivity contribution in [1.29, 1.82) is 0 Å². The van der Waals surface area contributed by atoms with Crippen LogP contribution >= 0.6 is 0 Å². The standard InChI is InChI=1S/C15H18N2O2/c1-17(9-11-5-4-8-16-11)15(18)13-10-19-14-7-3-2-6-12(13)14/h2-3,6-7,10-11,16H,4-5,8-9H2,1H3. The molecule has 1 saturated heterocycles. The van der Waals surface area contributed by atoms with Crippen molar-refractivity contribution in [2.75, 3.05) is 20.1 Å². The molecule has 2 aromatic rings. The topological polar surface area (TPSA) is 45.5 Å². The quantitative estimate of drug-likeness (QED) is 0.918. The average molecular weight is 258 g/mol. The molecule has 4 nitrogen and oxygen atoms in total. The molecule has 0 aliphatic carbocycles. The predicted molar refractivity (Wildman–Crippen MR) is 74.2 cm³/mol. The van der Waals surface area contributed by atoms with Crippen molar-refractivity contribution >= 4 is 16.9 Å². The SMILES string of the molecule is CN(CC1CCCN1)C(=O)c1coc2ccccc12. The van der Waals surface area contributed by atoms with Crippen molar-refractivity contribution in [3.63, 3.8) is 0 Å². The summed E-state index contributed by atoms with van der Waals surface area (Å²) in [6.07, 6.45) is 3.90. The number of nitrogens with zero attached hydrogens (tertiary/aromatic N) is 1. The predicted octanol–water partition coefficient (Wildman–Crippen LogP) is 2.26. The van der Waals surface area contributed by atoms with Crippen LogP contribution in [-0.2, 0) is 0 Å². The van der Waals surface area contributed by atoms with Gasteiger partial charge < -0.3 is 14.6 Å². The number of benzene rings is 1. The molecule has 0 spiro atoms. The van der Waals surface area contributed by atoms with E-state index in [1.165, 1.54) is 6.42 Å². The van der Waals surface area contributed by atoms with Crippen molar-refractivity contribution < 1.29 is 9.21 Å². The molecular formula is C15H18N2O2. The molecule has 1 amide bonds. The van der Waals surface area contributed by atoms with Gasteiger partial charge in [-0.3, -0.25) is 4.79 Å². The minimum absolute atomic E-state index is 0.0265. The fraction of sp³-hybridized carbons (Fsp3) is 0.400. The van der Waals surface area contributed by atoms with Gasteiger partial charge in [0.2, 0.25) is 0 Å². The smallest absolute Gasteiger partial charge is 0.257 e. The number of hydrogen-bond acceptors (Lipinski definition) is 3. The molecule has 1 fully saturated rings. The van der Waals surface area contributed by atoms with Crippen molar-refractivity contribution in [2.24, 2.45) is 0 Å². The van der Waals surface area contributed by atoms with E-state index in [1.807, 2.05) is 31.3 Å². The summed E-state index contributed by atoms with van der Waals surface area (Å²) in [7, 11) is 1.85. The van der Waals surface area contributed by atoms with Crippen molar-refractivity contribution in [2.45, 2.75) is 18.9 Å². The summed E-state index contributed by atoms with van der Waals surface area (Å²) in [4.78, 5) is 14.2. The van der Waals surface area contributed by atoms with E-state index in [4.69, 9.17) is 4.42 Å². The molecule has 19 heavy (non-hydrogen) atoms. The van der Waals surface area contributed by atoms with Gasteiger partial charge in [-0.2, -0.15) is 0 Å². The van der Waals surface area contributed by atoms with E-state index >= 15 is 0 Å². The van der Waals surface area contributed by atoms with Crippen LogP contribution in [0.5, 0.6) is 0 Å². The first-order chi connectivity index (χ1) is 9.25. The van der Waals surface area contributed by atoms with Crippen LogP contribution in [0.2, 0.25) is 0 Å². The molecule has 1 aliphatic rings. The summed E-state index contributed by atoms with van der Waals surface area (Å²) in [5.74, 6) is 0.0265. The molecule has 4 heteroatoms. The molecule has 1 unspecified atom stereocenters. The van der Waals surface area contributed by atoms with Gasteiger partial charge in [0.25, 0.3) is 5.91 Å². The highest BCUT2D eigenvalue weighted by Crippen LogP contribution is 2.22. The highest BCUT2D eigenvalue weighted by Gasteiger charge is 2.21. The highest BCUT2D eigenvalue weighted by atomic mass is 16.3. The van der Waals surface area contributed by atoms with Gasteiger partial charge in [0.05, 0.1) is 5.56 Å². The zero-order valence-corrected chi connectivity index (χ0v) is 11.1. The summed E-state index contributed by atoms with van der Waals surface area (Å²) >= 11 is 0. The van der Waals surface area contributed by atoms with Gasteiger partial charge >= 0.3 is 0 Å². The summed E-state index contributed by atoms with van der Waals surface area (Å²) in [5.41, 5.74) is 1.41. The molecule has 3 rings (SSSR count). The van der Waals surface area contributed by atoms with Crippen LogP contribution in [0.3, 0.4) is 0 Å². The molecule has 0 saturated carbocycles. The first-order valence-corrected chi connectivity index (χ1v) is 6.71. The molecule has 0 radical (unpaired) electrons. The Labute approximate surface area is 112 Å². The molecule has 0 bridgehead atoms. The number of carbonyl (C=O) groups excluding carboxylic acids is 1.